The van der Waals surface area contributed by atoms with Crippen LogP contribution in [0.3, 0.4) is 0 Å². The average molecular weight is 361 g/mol. The lowest BCUT2D eigenvalue weighted by Crippen LogP contribution is -2.27. The number of hydrogen-bond donors (Lipinski definition) is 1. The van der Waals surface area contributed by atoms with Crippen LogP contribution in [0.1, 0.15) is 16.5 Å². The molecule has 132 valence electrons. The van der Waals surface area contributed by atoms with Crippen LogP contribution in [-0.4, -0.2) is 47.9 Å². The summed E-state index contributed by atoms with van der Waals surface area (Å²) in [5, 5.41) is -0.289. The number of H-pyrrole nitrogens is 1. The Morgan fingerprint density at radius 2 is 1.96 bits per heavy atom. The Morgan fingerprint density at radius 1 is 1.28 bits per heavy atom. The number of nitrogens with one attached hydrogen (secondary N) is 1. The molecule has 1 aromatic carbocycles. The van der Waals surface area contributed by atoms with E-state index in [0.29, 0.717) is 5.69 Å². The van der Waals surface area contributed by atoms with Gasteiger partial charge in [-0.3, -0.25) is 14.4 Å². The highest BCUT2D eigenvalue weighted by molar-refractivity contribution is 8.00. The third-order valence-corrected chi connectivity index (χ3v) is 4.45. The number of rotatable bonds is 6. The minimum atomic E-state index is -0.562. The number of aromatic nitrogens is 2. The summed E-state index contributed by atoms with van der Waals surface area (Å²) >= 11 is 1.13. The van der Waals surface area contributed by atoms with Crippen molar-refractivity contribution in [1.29, 1.82) is 0 Å². The Labute approximate surface area is 149 Å². The van der Waals surface area contributed by atoms with Gasteiger partial charge in [-0.1, -0.05) is 42.1 Å². The Morgan fingerprint density at radius 3 is 2.56 bits per heavy atom. The normalized spacial score (nSPS) is 11.6. The summed E-state index contributed by atoms with van der Waals surface area (Å²) in [4.78, 5) is 44.2. The smallest absolute Gasteiger partial charge is 0.311 e. The first-order chi connectivity index (χ1) is 11.9. The van der Waals surface area contributed by atoms with Gasteiger partial charge in [0, 0.05) is 20.2 Å². The number of thioether (sulfide) groups is 1. The molecule has 0 saturated heterocycles. The maximum atomic E-state index is 12.6. The number of aromatic amines is 1. The highest BCUT2D eigenvalue weighted by atomic mass is 32.2. The highest BCUT2D eigenvalue weighted by Crippen LogP contribution is 2.34. The predicted molar refractivity (Wildman–Crippen MR) is 94.3 cm³/mol. The van der Waals surface area contributed by atoms with Crippen molar-refractivity contribution in [3.8, 4) is 0 Å². The van der Waals surface area contributed by atoms with Crippen molar-refractivity contribution < 1.29 is 14.3 Å². The molecule has 0 spiro atoms. The van der Waals surface area contributed by atoms with Gasteiger partial charge in [-0.25, -0.2) is 4.98 Å². The summed E-state index contributed by atoms with van der Waals surface area (Å²) in [6.45, 7) is 0. The zero-order valence-corrected chi connectivity index (χ0v) is 15.0. The van der Waals surface area contributed by atoms with E-state index in [1.54, 1.807) is 14.1 Å². The van der Waals surface area contributed by atoms with Crippen molar-refractivity contribution >= 4 is 23.6 Å². The van der Waals surface area contributed by atoms with E-state index >= 15 is 0 Å². The van der Waals surface area contributed by atoms with Crippen LogP contribution >= 0.6 is 11.8 Å². The molecule has 7 nitrogen and oxygen atoms in total. The van der Waals surface area contributed by atoms with Crippen molar-refractivity contribution in [2.45, 2.75) is 16.8 Å². The van der Waals surface area contributed by atoms with Crippen LogP contribution in [-0.2, 0) is 20.7 Å². The first kappa shape index (κ1) is 18.7. The number of benzene rings is 1. The quantitative estimate of drug-likeness (QED) is 0.475. The highest BCUT2D eigenvalue weighted by Gasteiger charge is 2.25. The Balaban J connectivity index is 2.34. The van der Waals surface area contributed by atoms with Gasteiger partial charge < -0.3 is 14.6 Å². The fourth-order valence-corrected chi connectivity index (χ4v) is 3.24. The second kappa shape index (κ2) is 8.48. The molecule has 1 aromatic heterocycles. The molecule has 0 bridgehead atoms. The minimum Gasteiger partial charge on any atom is -0.469 e. The topological polar surface area (TPSA) is 92.4 Å². The molecule has 25 heavy (non-hydrogen) atoms. The Hall–Kier alpha value is -2.61. The summed E-state index contributed by atoms with van der Waals surface area (Å²) in [7, 11) is 4.61. The number of carbonyl (C=O) groups excluding carboxylic acids is 2. The van der Waals surface area contributed by atoms with Crippen molar-refractivity contribution in [3.63, 3.8) is 0 Å². The molecule has 1 atom stereocenters. The first-order valence-corrected chi connectivity index (χ1v) is 8.38. The molecule has 1 amide bonds. The summed E-state index contributed by atoms with van der Waals surface area (Å²) in [6.07, 6.45) is -0.106. The number of hydrogen-bond acceptors (Lipinski definition) is 6. The van der Waals surface area contributed by atoms with E-state index in [4.69, 9.17) is 0 Å². The van der Waals surface area contributed by atoms with Crippen LogP contribution in [0.15, 0.2) is 46.3 Å². The number of methoxy groups -OCH3 is 1. The number of esters is 1. The molecular weight excluding hydrogens is 342 g/mol. The second-order valence-electron chi connectivity index (χ2n) is 5.44. The van der Waals surface area contributed by atoms with Gasteiger partial charge in [0.2, 0.25) is 5.91 Å². The summed E-state index contributed by atoms with van der Waals surface area (Å²) < 4.78 is 4.60. The zero-order chi connectivity index (χ0) is 18.4. The third-order valence-electron chi connectivity index (χ3n) is 3.32. The van der Waals surface area contributed by atoms with Gasteiger partial charge in [0.25, 0.3) is 5.56 Å². The number of likely N-dealkylation sites (N-methyl/N-ethyl adjacent to an activating group) is 1. The number of ether oxygens (including phenoxy) is 1. The minimum absolute atomic E-state index is 0.106. The largest absolute Gasteiger partial charge is 0.469 e. The molecule has 8 heteroatoms. The van der Waals surface area contributed by atoms with E-state index in [2.05, 4.69) is 14.7 Å². The molecule has 0 unspecified atom stereocenters. The fraction of sp³-hybridized carbons (Fsp3) is 0.294. The van der Waals surface area contributed by atoms with Gasteiger partial charge >= 0.3 is 5.97 Å². The van der Waals surface area contributed by atoms with Gasteiger partial charge in [0.05, 0.1) is 19.2 Å². The zero-order valence-electron chi connectivity index (χ0n) is 14.2. The first-order valence-electron chi connectivity index (χ1n) is 7.50. The van der Waals surface area contributed by atoms with Crippen LogP contribution in [0, 0.1) is 0 Å². The lowest BCUT2D eigenvalue weighted by Gasteiger charge is -2.20. The fourth-order valence-electron chi connectivity index (χ4n) is 2.08. The molecule has 1 heterocycles. The SMILES string of the molecule is COC(=O)Cc1cc(=O)[nH]c(S[C@@H](C(=O)N(C)C)c2ccccc2)n1. The predicted octanol–water partition coefficient (Wildman–Crippen LogP) is 1.41. The number of carbonyl (C=O) groups is 2. The van der Waals surface area contributed by atoms with Crippen molar-refractivity contribution in [1.82, 2.24) is 14.9 Å². The number of amides is 1. The van der Waals surface area contributed by atoms with E-state index in [0.717, 1.165) is 17.3 Å². The van der Waals surface area contributed by atoms with Gasteiger partial charge in [0.1, 0.15) is 5.25 Å². The maximum absolute atomic E-state index is 12.6. The molecule has 0 radical (unpaired) electrons. The van der Waals surface area contributed by atoms with E-state index in [9.17, 15) is 14.4 Å². The molecule has 0 saturated carbocycles. The summed E-state index contributed by atoms with van der Waals surface area (Å²) in [5.74, 6) is -0.616. The average Bonchev–Trinajstić information content (AvgIpc) is 2.59. The van der Waals surface area contributed by atoms with Crippen molar-refractivity contribution in [3.05, 3.63) is 58.0 Å². The van der Waals surface area contributed by atoms with Crippen LogP contribution in [0.4, 0.5) is 0 Å². The Bertz CT molecular complexity index is 805. The maximum Gasteiger partial charge on any atom is 0.311 e. The van der Waals surface area contributed by atoms with Gasteiger partial charge in [-0.15, -0.1) is 0 Å². The monoisotopic (exact) mass is 361 g/mol. The van der Waals surface area contributed by atoms with Crippen molar-refractivity contribution in [2.24, 2.45) is 0 Å². The molecule has 2 rings (SSSR count). The van der Waals surface area contributed by atoms with Gasteiger partial charge in [-0.05, 0) is 5.56 Å². The number of nitrogens with zero attached hydrogens (tertiary/aromatic N) is 2. The van der Waals surface area contributed by atoms with E-state index in [1.165, 1.54) is 18.1 Å². The molecule has 0 aliphatic heterocycles. The summed E-state index contributed by atoms with van der Waals surface area (Å²) in [5.41, 5.74) is 0.704. The van der Waals surface area contributed by atoms with E-state index in [1.807, 2.05) is 30.3 Å². The molecular formula is C17H19N3O4S. The summed E-state index contributed by atoms with van der Waals surface area (Å²) in [6, 6.07) is 10.5. The standard InChI is InChI=1S/C17H19N3O4S/c1-20(2)16(23)15(11-7-5-4-6-8-11)25-17-18-12(9-13(21)19-17)10-14(22)24-3/h4-9,15H,10H2,1-3H3,(H,18,19,21)/t15-/m1/s1. The molecule has 2 aromatic rings. The molecule has 0 aliphatic carbocycles. The lowest BCUT2D eigenvalue weighted by atomic mass is 10.1. The van der Waals surface area contributed by atoms with Gasteiger partial charge in [0.15, 0.2) is 5.16 Å². The second-order valence-corrected chi connectivity index (χ2v) is 6.53. The van der Waals surface area contributed by atoms with E-state index < -0.39 is 11.2 Å². The van der Waals surface area contributed by atoms with Crippen LogP contribution in [0.5, 0.6) is 0 Å². The molecule has 1 N–H and O–H groups in total. The molecule has 0 aliphatic rings. The molecule has 0 fully saturated rings. The van der Waals surface area contributed by atoms with Crippen LogP contribution in [0.25, 0.3) is 0 Å². The van der Waals surface area contributed by atoms with Crippen molar-refractivity contribution in [2.75, 3.05) is 21.2 Å². The third kappa shape index (κ3) is 5.18. The lowest BCUT2D eigenvalue weighted by molar-refractivity contribution is -0.139. The van der Waals surface area contributed by atoms with Gasteiger partial charge in [-0.2, -0.15) is 0 Å². The van der Waals surface area contributed by atoms with E-state index in [-0.39, 0.29) is 23.0 Å². The Kier molecular flexibility index (Phi) is 6.35. The van der Waals surface area contributed by atoms with Crippen LogP contribution in [0.2, 0.25) is 0 Å². The van der Waals surface area contributed by atoms with Crippen LogP contribution < -0.4 is 5.56 Å².